The number of methoxy groups -OCH3 is 1. The summed E-state index contributed by atoms with van der Waals surface area (Å²) in [6, 6.07) is 9.72. The SMILES string of the molecule is COc1ccc(C(=O)N2CCc3ccc([N+](=O)[O-])cc32)cc1Br. The number of amides is 1. The van der Waals surface area contributed by atoms with Crippen LogP contribution in [-0.2, 0) is 6.42 Å². The van der Waals surface area contributed by atoms with Gasteiger partial charge in [0.05, 0.1) is 22.2 Å². The average molecular weight is 377 g/mol. The lowest BCUT2D eigenvalue weighted by Crippen LogP contribution is -2.28. The normalized spacial score (nSPS) is 12.9. The number of anilines is 1. The molecule has 0 bridgehead atoms. The Kier molecular flexibility index (Phi) is 4.04. The Labute approximate surface area is 140 Å². The molecule has 0 fully saturated rings. The van der Waals surface area contributed by atoms with Gasteiger partial charge in [0.15, 0.2) is 0 Å². The second-order valence-electron chi connectivity index (χ2n) is 5.13. The summed E-state index contributed by atoms with van der Waals surface area (Å²) in [5.41, 5.74) is 2.03. The molecule has 1 aliphatic rings. The van der Waals surface area contributed by atoms with Crippen LogP contribution in [0.25, 0.3) is 0 Å². The number of hydrogen-bond acceptors (Lipinski definition) is 4. The van der Waals surface area contributed by atoms with Crippen molar-refractivity contribution in [3.05, 3.63) is 62.1 Å². The van der Waals surface area contributed by atoms with E-state index in [9.17, 15) is 14.9 Å². The fourth-order valence-electron chi connectivity index (χ4n) is 2.65. The largest absolute Gasteiger partial charge is 0.496 e. The number of carbonyl (C=O) groups excluding carboxylic acids is 1. The number of rotatable bonds is 3. The molecule has 0 radical (unpaired) electrons. The zero-order valence-corrected chi connectivity index (χ0v) is 13.9. The number of carbonyl (C=O) groups is 1. The summed E-state index contributed by atoms with van der Waals surface area (Å²) in [5, 5.41) is 10.9. The monoisotopic (exact) mass is 376 g/mol. The van der Waals surface area contributed by atoms with E-state index in [1.807, 2.05) is 0 Å². The Morgan fingerprint density at radius 2 is 2.09 bits per heavy atom. The van der Waals surface area contributed by atoms with Crippen LogP contribution >= 0.6 is 15.9 Å². The first-order valence-corrected chi connectivity index (χ1v) is 7.73. The minimum atomic E-state index is -0.453. The van der Waals surface area contributed by atoms with Crippen molar-refractivity contribution in [1.82, 2.24) is 0 Å². The Morgan fingerprint density at radius 1 is 1.30 bits per heavy atom. The number of nitro benzene ring substituents is 1. The van der Waals surface area contributed by atoms with Crippen molar-refractivity contribution in [3.63, 3.8) is 0 Å². The first-order chi connectivity index (χ1) is 11.0. The zero-order valence-electron chi connectivity index (χ0n) is 12.3. The lowest BCUT2D eigenvalue weighted by molar-refractivity contribution is -0.384. The highest BCUT2D eigenvalue weighted by Crippen LogP contribution is 2.33. The Balaban J connectivity index is 1.95. The summed E-state index contributed by atoms with van der Waals surface area (Å²) in [6.07, 6.45) is 0.691. The molecule has 7 heteroatoms. The lowest BCUT2D eigenvalue weighted by Gasteiger charge is -2.17. The van der Waals surface area contributed by atoms with E-state index in [1.54, 1.807) is 36.3 Å². The molecule has 0 saturated heterocycles. The van der Waals surface area contributed by atoms with E-state index in [2.05, 4.69) is 15.9 Å². The molecule has 0 unspecified atom stereocenters. The second kappa shape index (κ2) is 6.00. The number of fused-ring (bicyclic) bond motifs is 1. The van der Waals surface area contributed by atoms with Crippen molar-refractivity contribution in [3.8, 4) is 5.75 Å². The predicted octanol–water partition coefficient (Wildman–Crippen LogP) is 3.57. The third-order valence-corrected chi connectivity index (χ3v) is 4.44. The molecular formula is C16H13BrN2O4. The van der Waals surface area contributed by atoms with Gasteiger partial charge in [-0.25, -0.2) is 0 Å². The number of nitro groups is 1. The van der Waals surface area contributed by atoms with Gasteiger partial charge in [-0.05, 0) is 46.1 Å². The van der Waals surface area contributed by atoms with Crippen molar-refractivity contribution in [2.45, 2.75) is 6.42 Å². The Bertz CT molecular complexity index is 807. The fraction of sp³-hybridized carbons (Fsp3) is 0.188. The van der Waals surface area contributed by atoms with Gasteiger partial charge in [-0.2, -0.15) is 0 Å². The highest BCUT2D eigenvalue weighted by Gasteiger charge is 2.27. The summed E-state index contributed by atoms with van der Waals surface area (Å²) in [4.78, 5) is 24.8. The number of benzene rings is 2. The van der Waals surface area contributed by atoms with E-state index in [-0.39, 0.29) is 11.6 Å². The van der Waals surface area contributed by atoms with Crippen LogP contribution in [-0.4, -0.2) is 24.5 Å². The third-order valence-electron chi connectivity index (χ3n) is 3.82. The zero-order chi connectivity index (χ0) is 16.6. The van der Waals surface area contributed by atoms with Crippen LogP contribution in [0.1, 0.15) is 15.9 Å². The van der Waals surface area contributed by atoms with Gasteiger partial charge in [-0.3, -0.25) is 14.9 Å². The molecule has 0 N–H and O–H groups in total. The molecule has 1 heterocycles. The summed E-state index contributed by atoms with van der Waals surface area (Å²) in [7, 11) is 1.55. The van der Waals surface area contributed by atoms with Crippen molar-refractivity contribution in [1.29, 1.82) is 0 Å². The van der Waals surface area contributed by atoms with Gasteiger partial charge < -0.3 is 9.64 Å². The predicted molar refractivity (Wildman–Crippen MR) is 89.2 cm³/mol. The smallest absolute Gasteiger partial charge is 0.271 e. The van der Waals surface area contributed by atoms with Crippen LogP contribution in [0.15, 0.2) is 40.9 Å². The van der Waals surface area contributed by atoms with E-state index < -0.39 is 4.92 Å². The highest BCUT2D eigenvalue weighted by molar-refractivity contribution is 9.10. The van der Waals surface area contributed by atoms with Crippen LogP contribution < -0.4 is 9.64 Å². The Morgan fingerprint density at radius 3 is 2.74 bits per heavy atom. The van der Waals surface area contributed by atoms with Crippen LogP contribution in [0.3, 0.4) is 0 Å². The summed E-state index contributed by atoms with van der Waals surface area (Å²) < 4.78 is 5.84. The molecule has 0 aliphatic carbocycles. The molecule has 118 valence electrons. The van der Waals surface area contributed by atoms with Crippen LogP contribution in [0.2, 0.25) is 0 Å². The van der Waals surface area contributed by atoms with Gasteiger partial charge in [0.25, 0.3) is 11.6 Å². The van der Waals surface area contributed by atoms with E-state index >= 15 is 0 Å². The van der Waals surface area contributed by atoms with Crippen molar-refractivity contribution < 1.29 is 14.5 Å². The summed E-state index contributed by atoms with van der Waals surface area (Å²) in [6.45, 7) is 0.513. The average Bonchev–Trinajstić information content (AvgIpc) is 2.97. The number of non-ortho nitro benzene ring substituents is 1. The van der Waals surface area contributed by atoms with E-state index in [4.69, 9.17) is 4.74 Å². The number of hydrogen-bond donors (Lipinski definition) is 0. The molecule has 3 rings (SSSR count). The maximum atomic E-state index is 12.7. The molecule has 0 aromatic heterocycles. The summed E-state index contributed by atoms with van der Waals surface area (Å²) >= 11 is 3.36. The van der Waals surface area contributed by atoms with Crippen molar-refractivity contribution in [2.75, 3.05) is 18.6 Å². The molecule has 2 aromatic carbocycles. The minimum Gasteiger partial charge on any atom is -0.496 e. The molecule has 2 aromatic rings. The van der Waals surface area contributed by atoms with E-state index in [0.29, 0.717) is 34.4 Å². The van der Waals surface area contributed by atoms with Gasteiger partial charge in [0.2, 0.25) is 0 Å². The van der Waals surface area contributed by atoms with Crippen molar-refractivity contribution >= 4 is 33.2 Å². The maximum Gasteiger partial charge on any atom is 0.271 e. The van der Waals surface area contributed by atoms with Crippen LogP contribution in [0.4, 0.5) is 11.4 Å². The highest BCUT2D eigenvalue weighted by atomic mass is 79.9. The van der Waals surface area contributed by atoms with E-state index in [0.717, 1.165) is 5.56 Å². The Hall–Kier alpha value is -2.41. The third kappa shape index (κ3) is 2.79. The van der Waals surface area contributed by atoms with Gasteiger partial charge in [0.1, 0.15) is 5.75 Å². The van der Waals surface area contributed by atoms with Crippen LogP contribution in [0, 0.1) is 10.1 Å². The lowest BCUT2D eigenvalue weighted by atomic mass is 10.1. The fourth-order valence-corrected chi connectivity index (χ4v) is 3.19. The maximum absolute atomic E-state index is 12.7. The first kappa shape index (κ1) is 15.5. The number of ether oxygens (including phenoxy) is 1. The summed E-state index contributed by atoms with van der Waals surface area (Å²) in [5.74, 6) is 0.451. The first-order valence-electron chi connectivity index (χ1n) is 6.94. The van der Waals surface area contributed by atoms with E-state index in [1.165, 1.54) is 12.1 Å². The number of nitrogens with zero attached hydrogens (tertiary/aromatic N) is 2. The van der Waals surface area contributed by atoms with Gasteiger partial charge in [0, 0.05) is 24.2 Å². The molecule has 6 nitrogen and oxygen atoms in total. The standard InChI is InChI=1S/C16H13BrN2O4/c1-23-15-5-3-11(8-13(15)17)16(20)18-7-6-10-2-4-12(19(21)22)9-14(10)18/h2-5,8-9H,6-7H2,1H3. The van der Waals surface area contributed by atoms with Gasteiger partial charge >= 0.3 is 0 Å². The van der Waals surface area contributed by atoms with Gasteiger partial charge in [-0.1, -0.05) is 6.07 Å². The second-order valence-corrected chi connectivity index (χ2v) is 5.98. The van der Waals surface area contributed by atoms with Crippen LogP contribution in [0.5, 0.6) is 5.75 Å². The topological polar surface area (TPSA) is 72.7 Å². The molecule has 1 aliphatic heterocycles. The molecule has 1 amide bonds. The molecule has 0 spiro atoms. The van der Waals surface area contributed by atoms with Crippen molar-refractivity contribution in [2.24, 2.45) is 0 Å². The molecular weight excluding hydrogens is 364 g/mol. The molecule has 23 heavy (non-hydrogen) atoms. The molecule has 0 atom stereocenters. The van der Waals surface area contributed by atoms with Gasteiger partial charge in [-0.15, -0.1) is 0 Å². The minimum absolute atomic E-state index is 0.0145. The molecule has 0 saturated carbocycles. The number of halogens is 1. The quantitative estimate of drug-likeness (QED) is 0.606.